The Morgan fingerprint density at radius 2 is 1.75 bits per heavy atom. The summed E-state index contributed by atoms with van der Waals surface area (Å²) in [6.07, 6.45) is 1.59. The van der Waals surface area contributed by atoms with Crippen LogP contribution in [0.2, 0.25) is 5.02 Å². The minimum Gasteiger partial charge on any atom is -0.454 e. The van der Waals surface area contributed by atoms with Crippen LogP contribution in [0.15, 0.2) is 42.7 Å². The van der Waals surface area contributed by atoms with Gasteiger partial charge in [-0.2, -0.15) is 5.10 Å². The number of benzene rings is 2. The Kier molecular flexibility index (Phi) is 4.53. The van der Waals surface area contributed by atoms with Crippen molar-refractivity contribution in [3.63, 3.8) is 0 Å². The molecule has 1 N–H and O–H groups in total. The standard InChI is InChI=1S/C23H21ClN6O2/c1-14-2-4-16(24)11-17(14)29-6-8-30(9-7-29)23-20-21(27-28-22(20)25-12-26-23)15-3-5-18-19(10-15)32-13-31-18/h2-5,10-12H,6-9,13H2,1H3,(H,25,26,27,28). The number of H-pyrrole nitrogens is 1. The van der Waals surface area contributed by atoms with E-state index in [0.717, 1.165) is 70.8 Å². The third kappa shape index (κ3) is 3.18. The molecule has 2 aliphatic rings. The van der Waals surface area contributed by atoms with Crippen molar-refractivity contribution in [2.24, 2.45) is 0 Å². The summed E-state index contributed by atoms with van der Waals surface area (Å²) in [5, 5.41) is 9.29. The predicted octanol–water partition coefficient (Wildman–Crippen LogP) is 4.04. The zero-order valence-corrected chi connectivity index (χ0v) is 18.3. The van der Waals surface area contributed by atoms with Crippen LogP contribution in [0.4, 0.5) is 11.5 Å². The lowest BCUT2D eigenvalue weighted by atomic mass is 10.1. The van der Waals surface area contributed by atoms with E-state index in [4.69, 9.17) is 21.1 Å². The van der Waals surface area contributed by atoms with Crippen LogP contribution in [0.5, 0.6) is 11.5 Å². The van der Waals surface area contributed by atoms with Gasteiger partial charge in [-0.3, -0.25) is 5.10 Å². The molecule has 4 heterocycles. The van der Waals surface area contributed by atoms with E-state index in [0.29, 0.717) is 0 Å². The number of ether oxygens (including phenoxy) is 2. The van der Waals surface area contributed by atoms with Crippen LogP contribution in [0.3, 0.4) is 0 Å². The molecule has 32 heavy (non-hydrogen) atoms. The van der Waals surface area contributed by atoms with Crippen LogP contribution in [0, 0.1) is 6.92 Å². The molecule has 4 aromatic rings. The first-order chi connectivity index (χ1) is 15.7. The van der Waals surface area contributed by atoms with E-state index in [2.05, 4.69) is 43.0 Å². The Bertz CT molecular complexity index is 1320. The number of aryl methyl sites for hydroxylation is 1. The minimum atomic E-state index is 0.241. The number of anilines is 2. The maximum atomic E-state index is 6.24. The lowest BCUT2D eigenvalue weighted by Gasteiger charge is -2.37. The number of hydrogen-bond acceptors (Lipinski definition) is 7. The highest BCUT2D eigenvalue weighted by Gasteiger charge is 2.25. The van der Waals surface area contributed by atoms with Crippen molar-refractivity contribution in [2.45, 2.75) is 6.92 Å². The third-order valence-corrected chi connectivity index (χ3v) is 6.31. The number of halogens is 1. The maximum absolute atomic E-state index is 6.24. The number of aromatic nitrogens is 4. The van der Waals surface area contributed by atoms with Gasteiger partial charge in [-0.05, 0) is 42.8 Å². The summed E-state index contributed by atoms with van der Waals surface area (Å²) in [6, 6.07) is 11.9. The molecule has 9 heteroatoms. The quantitative estimate of drug-likeness (QED) is 0.506. The lowest BCUT2D eigenvalue weighted by molar-refractivity contribution is 0.174. The average Bonchev–Trinajstić information content (AvgIpc) is 3.47. The maximum Gasteiger partial charge on any atom is 0.231 e. The van der Waals surface area contributed by atoms with Crippen LogP contribution >= 0.6 is 11.6 Å². The fourth-order valence-corrected chi connectivity index (χ4v) is 4.59. The van der Waals surface area contributed by atoms with Crippen LogP contribution in [-0.2, 0) is 0 Å². The van der Waals surface area contributed by atoms with Gasteiger partial charge in [0.2, 0.25) is 6.79 Å². The first-order valence-electron chi connectivity index (χ1n) is 10.5. The van der Waals surface area contributed by atoms with Crippen LogP contribution in [0.1, 0.15) is 5.56 Å². The summed E-state index contributed by atoms with van der Waals surface area (Å²) in [5.74, 6) is 2.36. The number of nitrogens with one attached hydrogen (secondary N) is 1. The molecule has 0 aliphatic carbocycles. The second kappa shape index (κ2) is 7.56. The predicted molar refractivity (Wildman–Crippen MR) is 124 cm³/mol. The Morgan fingerprint density at radius 1 is 0.938 bits per heavy atom. The largest absolute Gasteiger partial charge is 0.454 e. The smallest absolute Gasteiger partial charge is 0.231 e. The van der Waals surface area contributed by atoms with Gasteiger partial charge in [0.05, 0.1) is 5.39 Å². The van der Waals surface area contributed by atoms with E-state index in [1.165, 1.54) is 11.3 Å². The summed E-state index contributed by atoms with van der Waals surface area (Å²) in [7, 11) is 0. The van der Waals surface area contributed by atoms with Gasteiger partial charge in [-0.15, -0.1) is 0 Å². The molecule has 2 aromatic heterocycles. The molecule has 1 fully saturated rings. The molecule has 2 aliphatic heterocycles. The molecule has 0 unspecified atom stereocenters. The van der Waals surface area contributed by atoms with E-state index >= 15 is 0 Å². The first-order valence-corrected chi connectivity index (χ1v) is 10.9. The number of piperazine rings is 1. The van der Waals surface area contributed by atoms with Crippen LogP contribution in [0.25, 0.3) is 22.3 Å². The van der Waals surface area contributed by atoms with Crippen molar-refractivity contribution in [1.82, 2.24) is 20.2 Å². The lowest BCUT2D eigenvalue weighted by Crippen LogP contribution is -2.47. The second-order valence-corrected chi connectivity index (χ2v) is 8.40. The normalized spacial score (nSPS) is 15.6. The highest BCUT2D eigenvalue weighted by atomic mass is 35.5. The van der Waals surface area contributed by atoms with Crippen molar-refractivity contribution >= 4 is 34.1 Å². The SMILES string of the molecule is Cc1ccc(Cl)cc1N1CCN(c2ncnc3[nH]nc(-c4ccc5c(c4)OCO5)c23)CC1. The van der Waals surface area contributed by atoms with Crippen molar-refractivity contribution in [3.8, 4) is 22.8 Å². The van der Waals surface area contributed by atoms with Gasteiger partial charge >= 0.3 is 0 Å². The van der Waals surface area contributed by atoms with Crippen LogP contribution in [-0.4, -0.2) is 53.1 Å². The fraction of sp³-hybridized carbons (Fsp3) is 0.261. The molecule has 0 radical (unpaired) electrons. The Hall–Kier alpha value is -3.52. The average molecular weight is 449 g/mol. The van der Waals surface area contributed by atoms with E-state index in [1.54, 1.807) is 6.33 Å². The number of nitrogens with zero attached hydrogens (tertiary/aromatic N) is 5. The van der Waals surface area contributed by atoms with Gasteiger partial charge < -0.3 is 19.3 Å². The fourth-order valence-electron chi connectivity index (χ4n) is 4.42. The Labute approximate surface area is 189 Å². The molecular formula is C23H21ClN6O2. The Morgan fingerprint density at radius 3 is 2.62 bits per heavy atom. The van der Waals surface area contributed by atoms with Gasteiger partial charge in [-0.25, -0.2) is 9.97 Å². The Balaban J connectivity index is 1.32. The molecule has 0 atom stereocenters. The number of rotatable bonds is 3. The number of fused-ring (bicyclic) bond motifs is 2. The van der Waals surface area contributed by atoms with Gasteiger partial charge in [0.25, 0.3) is 0 Å². The van der Waals surface area contributed by atoms with Gasteiger partial charge in [-0.1, -0.05) is 17.7 Å². The van der Waals surface area contributed by atoms with Crippen molar-refractivity contribution < 1.29 is 9.47 Å². The highest BCUT2D eigenvalue weighted by Crippen LogP contribution is 2.39. The number of aromatic amines is 1. The van der Waals surface area contributed by atoms with Crippen molar-refractivity contribution in [1.29, 1.82) is 0 Å². The molecule has 8 nitrogen and oxygen atoms in total. The molecule has 2 aromatic carbocycles. The monoisotopic (exact) mass is 448 g/mol. The molecule has 0 amide bonds. The zero-order valence-electron chi connectivity index (χ0n) is 17.5. The summed E-state index contributed by atoms with van der Waals surface area (Å²) in [4.78, 5) is 13.7. The molecule has 0 spiro atoms. The summed E-state index contributed by atoms with van der Waals surface area (Å²) < 4.78 is 11.0. The molecule has 0 saturated carbocycles. The zero-order chi connectivity index (χ0) is 21.7. The summed E-state index contributed by atoms with van der Waals surface area (Å²) >= 11 is 6.24. The minimum absolute atomic E-state index is 0.241. The molecule has 6 rings (SSSR count). The molecule has 162 valence electrons. The first kappa shape index (κ1) is 19.2. The van der Waals surface area contributed by atoms with Crippen molar-refractivity contribution in [3.05, 3.63) is 53.3 Å². The van der Waals surface area contributed by atoms with E-state index in [-0.39, 0.29) is 6.79 Å². The van der Waals surface area contributed by atoms with Crippen molar-refractivity contribution in [2.75, 3.05) is 42.8 Å². The molecule has 1 saturated heterocycles. The molecule has 0 bridgehead atoms. The number of hydrogen-bond donors (Lipinski definition) is 1. The highest BCUT2D eigenvalue weighted by molar-refractivity contribution is 6.30. The van der Waals surface area contributed by atoms with Gasteiger partial charge in [0.1, 0.15) is 17.8 Å². The van der Waals surface area contributed by atoms with Gasteiger partial charge in [0, 0.05) is 42.5 Å². The topological polar surface area (TPSA) is 79.4 Å². The summed E-state index contributed by atoms with van der Waals surface area (Å²) in [6.45, 7) is 5.79. The van der Waals surface area contributed by atoms with E-state index in [9.17, 15) is 0 Å². The van der Waals surface area contributed by atoms with E-state index < -0.39 is 0 Å². The summed E-state index contributed by atoms with van der Waals surface area (Å²) in [5.41, 5.74) is 4.88. The molecular weight excluding hydrogens is 428 g/mol. The van der Waals surface area contributed by atoms with Crippen LogP contribution < -0.4 is 19.3 Å². The second-order valence-electron chi connectivity index (χ2n) is 7.97. The third-order valence-electron chi connectivity index (χ3n) is 6.07. The van der Waals surface area contributed by atoms with E-state index in [1.807, 2.05) is 30.3 Å². The van der Waals surface area contributed by atoms with Gasteiger partial charge in [0.15, 0.2) is 17.1 Å².